The van der Waals surface area contributed by atoms with E-state index in [2.05, 4.69) is 78.7 Å². The Labute approximate surface area is 214 Å². The summed E-state index contributed by atoms with van der Waals surface area (Å²) in [4.78, 5) is 22.2. The predicted octanol–water partition coefficient (Wildman–Crippen LogP) is 5.07. The number of hydrogen-bond donors (Lipinski definition) is 1. The lowest BCUT2D eigenvalue weighted by atomic mass is 10.1. The highest BCUT2D eigenvalue weighted by Crippen LogP contribution is 2.21. The lowest BCUT2D eigenvalue weighted by Gasteiger charge is -2.23. The van der Waals surface area contributed by atoms with E-state index in [1.54, 1.807) is 0 Å². The monoisotopic (exact) mass is 493 g/mol. The quantitative estimate of drug-likeness (QED) is 0.340. The van der Waals surface area contributed by atoms with Crippen LogP contribution in [0.3, 0.4) is 0 Å². The van der Waals surface area contributed by atoms with Crippen molar-refractivity contribution in [2.24, 2.45) is 0 Å². The van der Waals surface area contributed by atoms with Crippen LogP contribution in [0.5, 0.6) is 0 Å². The highest BCUT2D eigenvalue weighted by atomic mass is 32.1. The van der Waals surface area contributed by atoms with Crippen molar-refractivity contribution in [1.82, 2.24) is 19.6 Å². The Hall–Kier alpha value is -2.77. The second-order valence-electron chi connectivity index (χ2n) is 9.13. The molecule has 0 saturated heterocycles. The molecule has 1 N–H and O–H groups in total. The smallest absolute Gasteiger partial charge is 0.239 e. The van der Waals surface area contributed by atoms with E-state index >= 15 is 0 Å². The molecule has 3 aromatic rings. The van der Waals surface area contributed by atoms with E-state index in [0.29, 0.717) is 13.0 Å². The van der Waals surface area contributed by atoms with E-state index in [4.69, 9.17) is 4.98 Å². The summed E-state index contributed by atoms with van der Waals surface area (Å²) in [7, 11) is 0. The number of aryl methyl sites for hydroxylation is 1. The number of carbonyl (C=O) groups excluding carboxylic acids is 1. The Bertz CT molecular complexity index is 1020. The van der Waals surface area contributed by atoms with Crippen molar-refractivity contribution >= 4 is 22.6 Å². The van der Waals surface area contributed by atoms with Gasteiger partial charge in [0, 0.05) is 30.5 Å². The van der Waals surface area contributed by atoms with E-state index in [9.17, 15) is 4.79 Å². The Morgan fingerprint density at radius 2 is 1.74 bits per heavy atom. The topological polar surface area (TPSA) is 61.4 Å². The SMILES string of the molecule is CCN(CC)CCCC(C)NC(=O)CN(Cc1ccccc1)c1nc(Cc2ccc(C)cc2)ns1. The maximum absolute atomic E-state index is 13.0. The van der Waals surface area contributed by atoms with E-state index in [-0.39, 0.29) is 18.5 Å². The van der Waals surface area contributed by atoms with Gasteiger partial charge in [0.2, 0.25) is 11.0 Å². The van der Waals surface area contributed by atoms with Gasteiger partial charge in [-0.15, -0.1) is 0 Å². The average Bonchev–Trinajstić information content (AvgIpc) is 3.32. The van der Waals surface area contributed by atoms with E-state index in [1.807, 2.05) is 23.1 Å². The van der Waals surface area contributed by atoms with Crippen LogP contribution in [0.4, 0.5) is 5.13 Å². The zero-order valence-electron chi connectivity index (χ0n) is 21.5. The molecule has 0 fully saturated rings. The predicted molar refractivity (Wildman–Crippen MR) is 146 cm³/mol. The fraction of sp³-hybridized carbons (Fsp3) is 0.464. The molecule has 0 aliphatic carbocycles. The molecule has 3 rings (SSSR count). The number of anilines is 1. The zero-order chi connectivity index (χ0) is 25.0. The normalized spacial score (nSPS) is 12.0. The molecule has 1 aromatic heterocycles. The molecule has 188 valence electrons. The standard InChI is InChI=1S/C28H39N5OS/c1-5-32(6-2)18-10-11-23(4)29-27(34)21-33(20-25-12-8-7-9-13-25)28-30-26(31-35-28)19-24-16-14-22(3)15-17-24/h7-9,12-17,23H,5-6,10-11,18-21H2,1-4H3,(H,29,34). The molecular weight excluding hydrogens is 454 g/mol. The summed E-state index contributed by atoms with van der Waals surface area (Å²) in [5, 5.41) is 3.96. The van der Waals surface area contributed by atoms with Gasteiger partial charge in [0.25, 0.3) is 0 Å². The minimum atomic E-state index is 0.0200. The van der Waals surface area contributed by atoms with Crippen molar-refractivity contribution in [1.29, 1.82) is 0 Å². The van der Waals surface area contributed by atoms with Gasteiger partial charge in [-0.3, -0.25) is 4.79 Å². The number of nitrogens with zero attached hydrogens (tertiary/aromatic N) is 4. The molecule has 1 unspecified atom stereocenters. The van der Waals surface area contributed by atoms with Gasteiger partial charge in [-0.25, -0.2) is 4.98 Å². The van der Waals surface area contributed by atoms with E-state index < -0.39 is 0 Å². The number of carbonyl (C=O) groups is 1. The number of nitrogens with one attached hydrogen (secondary N) is 1. The molecular formula is C28H39N5OS. The third-order valence-corrected chi connectivity index (χ3v) is 6.99. The first-order chi connectivity index (χ1) is 17.0. The van der Waals surface area contributed by atoms with Crippen molar-refractivity contribution in [2.75, 3.05) is 31.1 Å². The first-order valence-electron chi connectivity index (χ1n) is 12.7. The van der Waals surface area contributed by atoms with Crippen LogP contribution in [-0.4, -0.2) is 52.4 Å². The van der Waals surface area contributed by atoms with Crippen molar-refractivity contribution in [3.05, 3.63) is 77.1 Å². The van der Waals surface area contributed by atoms with Gasteiger partial charge < -0.3 is 15.1 Å². The lowest BCUT2D eigenvalue weighted by Crippen LogP contribution is -2.41. The summed E-state index contributed by atoms with van der Waals surface area (Å²) in [6.45, 7) is 12.6. The molecule has 1 atom stereocenters. The average molecular weight is 494 g/mol. The Balaban J connectivity index is 1.62. The third kappa shape index (κ3) is 9.07. The van der Waals surface area contributed by atoms with Crippen LogP contribution >= 0.6 is 11.5 Å². The first-order valence-corrected chi connectivity index (χ1v) is 13.4. The number of aromatic nitrogens is 2. The van der Waals surface area contributed by atoms with Crippen LogP contribution < -0.4 is 10.2 Å². The van der Waals surface area contributed by atoms with Crippen LogP contribution in [0.1, 0.15) is 56.1 Å². The lowest BCUT2D eigenvalue weighted by molar-refractivity contribution is -0.120. The van der Waals surface area contributed by atoms with Crippen LogP contribution in [0.25, 0.3) is 0 Å². The molecule has 35 heavy (non-hydrogen) atoms. The number of amides is 1. The summed E-state index contributed by atoms with van der Waals surface area (Å²) in [6.07, 6.45) is 2.74. The van der Waals surface area contributed by atoms with Gasteiger partial charge in [-0.05, 0) is 57.5 Å². The summed E-state index contributed by atoms with van der Waals surface area (Å²) >= 11 is 1.36. The van der Waals surface area contributed by atoms with Crippen molar-refractivity contribution in [3.8, 4) is 0 Å². The molecule has 0 spiro atoms. The first kappa shape index (κ1) is 26.8. The Morgan fingerprint density at radius 3 is 2.43 bits per heavy atom. The van der Waals surface area contributed by atoms with Crippen molar-refractivity contribution in [3.63, 3.8) is 0 Å². The molecule has 6 nitrogen and oxygen atoms in total. The molecule has 0 saturated carbocycles. The van der Waals surface area contributed by atoms with Gasteiger partial charge in [-0.1, -0.05) is 74.0 Å². The largest absolute Gasteiger partial charge is 0.352 e. The van der Waals surface area contributed by atoms with Crippen LogP contribution in [0.15, 0.2) is 54.6 Å². The van der Waals surface area contributed by atoms with Crippen LogP contribution in [0.2, 0.25) is 0 Å². The third-order valence-electron chi connectivity index (χ3n) is 6.17. The molecule has 0 bridgehead atoms. The minimum Gasteiger partial charge on any atom is -0.352 e. The van der Waals surface area contributed by atoms with E-state index in [1.165, 1.54) is 22.7 Å². The van der Waals surface area contributed by atoms with Crippen LogP contribution in [0, 0.1) is 6.92 Å². The maximum Gasteiger partial charge on any atom is 0.239 e. The van der Waals surface area contributed by atoms with Gasteiger partial charge in [0.1, 0.15) is 5.82 Å². The highest BCUT2D eigenvalue weighted by molar-refractivity contribution is 7.09. The van der Waals surface area contributed by atoms with Gasteiger partial charge in [0.15, 0.2) is 0 Å². The highest BCUT2D eigenvalue weighted by Gasteiger charge is 2.18. The second kappa shape index (κ2) is 14.0. The van der Waals surface area contributed by atoms with E-state index in [0.717, 1.165) is 49.0 Å². The Morgan fingerprint density at radius 1 is 1.03 bits per heavy atom. The molecule has 1 amide bonds. The van der Waals surface area contributed by atoms with Gasteiger partial charge in [-0.2, -0.15) is 4.37 Å². The van der Waals surface area contributed by atoms with Gasteiger partial charge in [0.05, 0.1) is 6.54 Å². The summed E-state index contributed by atoms with van der Waals surface area (Å²) in [5.74, 6) is 0.809. The summed E-state index contributed by atoms with van der Waals surface area (Å²) in [6, 6.07) is 18.8. The maximum atomic E-state index is 13.0. The molecule has 7 heteroatoms. The van der Waals surface area contributed by atoms with Crippen molar-refractivity contribution in [2.45, 2.75) is 59.5 Å². The molecule has 0 radical (unpaired) electrons. The summed E-state index contributed by atoms with van der Waals surface area (Å²) in [5.41, 5.74) is 3.57. The number of benzene rings is 2. The molecule has 0 aliphatic heterocycles. The zero-order valence-corrected chi connectivity index (χ0v) is 22.4. The minimum absolute atomic E-state index is 0.0200. The molecule has 0 aliphatic rings. The Kier molecular flexibility index (Phi) is 10.7. The van der Waals surface area contributed by atoms with Gasteiger partial charge >= 0.3 is 0 Å². The second-order valence-corrected chi connectivity index (χ2v) is 9.87. The van der Waals surface area contributed by atoms with Crippen molar-refractivity contribution < 1.29 is 4.79 Å². The number of rotatable bonds is 14. The number of hydrogen-bond acceptors (Lipinski definition) is 6. The fourth-order valence-corrected chi connectivity index (χ4v) is 4.74. The molecule has 2 aromatic carbocycles. The molecule has 1 heterocycles. The fourth-order valence-electron chi connectivity index (χ4n) is 4.06. The van der Waals surface area contributed by atoms with Crippen LogP contribution in [-0.2, 0) is 17.8 Å². The summed E-state index contributed by atoms with van der Waals surface area (Å²) < 4.78 is 4.59.